The fourth-order valence-corrected chi connectivity index (χ4v) is 1.44. The third kappa shape index (κ3) is 1.61. The van der Waals surface area contributed by atoms with Crippen LogP contribution in [-0.4, -0.2) is 23.8 Å². The van der Waals surface area contributed by atoms with Gasteiger partial charge in [-0.05, 0) is 32.6 Å². The van der Waals surface area contributed by atoms with Crippen LogP contribution >= 0.6 is 0 Å². The predicted molar refractivity (Wildman–Crippen MR) is 44.5 cm³/mol. The third-order valence-electron chi connectivity index (χ3n) is 2.84. The normalized spacial score (nSPS) is 24.3. The van der Waals surface area contributed by atoms with E-state index >= 15 is 0 Å². The highest BCUT2D eigenvalue weighted by molar-refractivity contribution is 5.73. The van der Waals surface area contributed by atoms with E-state index in [4.69, 9.17) is 0 Å². The Balaban J connectivity index is 2.59. The molecule has 0 aliphatic heterocycles. The van der Waals surface area contributed by atoms with Gasteiger partial charge in [0.05, 0.1) is 18.6 Å². The fraction of sp³-hybridized carbons (Fsp3) is 0.889. The molecule has 1 saturated carbocycles. The molecule has 0 aromatic rings. The molecule has 2 unspecified atom stereocenters. The predicted octanol–water partition coefficient (Wildman–Crippen LogP) is 0.956. The smallest absolute Gasteiger partial charge is 0.311 e. The van der Waals surface area contributed by atoms with E-state index in [0.717, 1.165) is 12.8 Å². The van der Waals surface area contributed by atoms with Crippen LogP contribution in [0.3, 0.4) is 0 Å². The number of hydrogen-bond acceptors (Lipinski definition) is 3. The van der Waals surface area contributed by atoms with Crippen LogP contribution < -0.4 is 0 Å². The lowest BCUT2D eigenvalue weighted by atomic mass is 9.86. The molecule has 3 heteroatoms. The first-order valence-corrected chi connectivity index (χ1v) is 4.30. The lowest BCUT2D eigenvalue weighted by molar-refractivity contribution is -0.154. The number of esters is 1. The first-order valence-electron chi connectivity index (χ1n) is 4.30. The zero-order valence-corrected chi connectivity index (χ0v) is 7.83. The number of aliphatic hydroxyl groups is 1. The first kappa shape index (κ1) is 9.52. The molecule has 2 atom stereocenters. The highest BCUT2D eigenvalue weighted by Crippen LogP contribution is 2.43. The van der Waals surface area contributed by atoms with E-state index in [1.165, 1.54) is 7.11 Å². The Bertz CT molecular complexity index is 182. The molecule has 12 heavy (non-hydrogen) atoms. The largest absolute Gasteiger partial charge is 0.469 e. The molecule has 0 spiro atoms. The average Bonchev–Trinajstić information content (AvgIpc) is 2.83. The molecule has 1 fully saturated rings. The van der Waals surface area contributed by atoms with Gasteiger partial charge in [-0.2, -0.15) is 0 Å². The number of rotatable bonds is 3. The van der Waals surface area contributed by atoms with Gasteiger partial charge in [0.15, 0.2) is 0 Å². The van der Waals surface area contributed by atoms with E-state index in [2.05, 4.69) is 4.74 Å². The van der Waals surface area contributed by atoms with Crippen LogP contribution in [0.25, 0.3) is 0 Å². The van der Waals surface area contributed by atoms with Gasteiger partial charge in [0.1, 0.15) is 0 Å². The van der Waals surface area contributed by atoms with Gasteiger partial charge in [-0.25, -0.2) is 0 Å². The summed E-state index contributed by atoms with van der Waals surface area (Å²) in [7, 11) is 1.35. The molecule has 1 aliphatic carbocycles. The zero-order valence-electron chi connectivity index (χ0n) is 7.83. The van der Waals surface area contributed by atoms with Crippen LogP contribution in [0.5, 0.6) is 0 Å². The number of ether oxygens (including phenoxy) is 1. The van der Waals surface area contributed by atoms with E-state index in [-0.39, 0.29) is 11.9 Å². The SMILES string of the molecule is COC(=O)C(C)C(C)(O)C1CC1. The highest BCUT2D eigenvalue weighted by Gasteiger charge is 2.46. The van der Waals surface area contributed by atoms with E-state index < -0.39 is 11.5 Å². The Morgan fingerprint density at radius 2 is 2.17 bits per heavy atom. The van der Waals surface area contributed by atoms with Crippen molar-refractivity contribution < 1.29 is 14.6 Å². The number of carbonyl (C=O) groups excluding carboxylic acids is 1. The Kier molecular flexibility index (Phi) is 2.42. The summed E-state index contributed by atoms with van der Waals surface area (Å²) in [5.41, 5.74) is -0.882. The minimum absolute atomic E-state index is 0.284. The molecule has 0 bridgehead atoms. The van der Waals surface area contributed by atoms with Gasteiger partial charge in [-0.3, -0.25) is 4.79 Å². The van der Waals surface area contributed by atoms with Crippen molar-refractivity contribution in [1.82, 2.24) is 0 Å². The summed E-state index contributed by atoms with van der Waals surface area (Å²) < 4.78 is 4.58. The lowest BCUT2D eigenvalue weighted by Crippen LogP contribution is -2.40. The maximum absolute atomic E-state index is 11.1. The molecule has 0 aromatic carbocycles. The second kappa shape index (κ2) is 3.05. The molecule has 0 heterocycles. The van der Waals surface area contributed by atoms with Gasteiger partial charge in [0.2, 0.25) is 0 Å². The number of hydrogen-bond donors (Lipinski definition) is 1. The number of methoxy groups -OCH3 is 1. The van der Waals surface area contributed by atoms with Crippen molar-refractivity contribution in [2.45, 2.75) is 32.3 Å². The molecule has 3 nitrogen and oxygen atoms in total. The van der Waals surface area contributed by atoms with Gasteiger partial charge in [-0.15, -0.1) is 0 Å². The summed E-state index contributed by atoms with van der Waals surface area (Å²) >= 11 is 0. The molecule has 0 saturated heterocycles. The molecular formula is C9H16O3. The van der Waals surface area contributed by atoms with Crippen molar-refractivity contribution in [2.24, 2.45) is 11.8 Å². The van der Waals surface area contributed by atoms with E-state index in [1.807, 2.05) is 0 Å². The average molecular weight is 172 g/mol. The quantitative estimate of drug-likeness (QED) is 0.645. The van der Waals surface area contributed by atoms with Crippen molar-refractivity contribution >= 4 is 5.97 Å². The maximum Gasteiger partial charge on any atom is 0.311 e. The Morgan fingerprint density at radius 1 is 1.67 bits per heavy atom. The van der Waals surface area contributed by atoms with Crippen molar-refractivity contribution in [3.63, 3.8) is 0 Å². The molecule has 70 valence electrons. The van der Waals surface area contributed by atoms with Gasteiger partial charge >= 0.3 is 5.97 Å². The Labute approximate surface area is 72.7 Å². The monoisotopic (exact) mass is 172 g/mol. The van der Waals surface area contributed by atoms with Crippen LogP contribution in [0.1, 0.15) is 26.7 Å². The summed E-state index contributed by atoms with van der Waals surface area (Å²) in [4.78, 5) is 11.1. The third-order valence-corrected chi connectivity index (χ3v) is 2.84. The lowest BCUT2D eigenvalue weighted by Gasteiger charge is -2.28. The topological polar surface area (TPSA) is 46.5 Å². The van der Waals surface area contributed by atoms with E-state index in [0.29, 0.717) is 0 Å². The molecular weight excluding hydrogens is 156 g/mol. The summed E-state index contributed by atoms with van der Waals surface area (Å²) in [6.07, 6.45) is 2.04. The molecule has 0 radical (unpaired) electrons. The van der Waals surface area contributed by atoms with Crippen LogP contribution in [-0.2, 0) is 9.53 Å². The molecule has 0 amide bonds. The van der Waals surface area contributed by atoms with E-state index in [9.17, 15) is 9.90 Å². The van der Waals surface area contributed by atoms with Crippen molar-refractivity contribution in [3.05, 3.63) is 0 Å². The Hall–Kier alpha value is -0.570. The minimum Gasteiger partial charge on any atom is -0.469 e. The minimum atomic E-state index is -0.882. The van der Waals surface area contributed by atoms with Crippen molar-refractivity contribution in [2.75, 3.05) is 7.11 Å². The standard InChI is InChI=1S/C9H16O3/c1-6(8(10)12-3)9(2,11)7-4-5-7/h6-7,11H,4-5H2,1-3H3. The van der Waals surface area contributed by atoms with Gasteiger partial charge < -0.3 is 9.84 Å². The fourth-order valence-electron chi connectivity index (χ4n) is 1.44. The van der Waals surface area contributed by atoms with Gasteiger partial charge in [0.25, 0.3) is 0 Å². The van der Waals surface area contributed by atoms with E-state index in [1.54, 1.807) is 13.8 Å². The summed E-state index contributed by atoms with van der Waals surface area (Å²) in [5.74, 6) is -0.464. The van der Waals surface area contributed by atoms with Gasteiger partial charge in [0, 0.05) is 0 Å². The molecule has 1 N–H and O–H groups in total. The summed E-state index contributed by atoms with van der Waals surface area (Å²) in [5, 5.41) is 9.92. The maximum atomic E-state index is 11.1. The van der Waals surface area contributed by atoms with Crippen molar-refractivity contribution in [3.8, 4) is 0 Å². The number of carbonyl (C=O) groups is 1. The molecule has 0 aromatic heterocycles. The second-order valence-electron chi connectivity index (χ2n) is 3.74. The Morgan fingerprint density at radius 3 is 2.50 bits per heavy atom. The molecule has 1 rings (SSSR count). The van der Waals surface area contributed by atoms with Crippen LogP contribution in [0.2, 0.25) is 0 Å². The zero-order chi connectivity index (χ0) is 9.35. The first-order chi connectivity index (χ1) is 5.50. The van der Waals surface area contributed by atoms with Crippen LogP contribution in [0.15, 0.2) is 0 Å². The van der Waals surface area contributed by atoms with Crippen LogP contribution in [0, 0.1) is 11.8 Å². The van der Waals surface area contributed by atoms with Crippen molar-refractivity contribution in [1.29, 1.82) is 0 Å². The van der Waals surface area contributed by atoms with Gasteiger partial charge in [-0.1, -0.05) is 0 Å². The van der Waals surface area contributed by atoms with Crippen LogP contribution in [0.4, 0.5) is 0 Å². The molecule has 1 aliphatic rings. The summed E-state index contributed by atoms with van der Waals surface area (Å²) in [6.45, 7) is 3.43. The second-order valence-corrected chi connectivity index (χ2v) is 3.74. The summed E-state index contributed by atoms with van der Waals surface area (Å²) in [6, 6.07) is 0. The highest BCUT2D eigenvalue weighted by atomic mass is 16.5.